The molecule has 0 atom stereocenters. The quantitative estimate of drug-likeness (QED) is 0.915. The number of nitrogens with one attached hydrogen (secondary N) is 1. The van der Waals surface area contributed by atoms with Gasteiger partial charge in [0.2, 0.25) is 0 Å². The van der Waals surface area contributed by atoms with Crippen molar-refractivity contribution in [3.8, 4) is 0 Å². The van der Waals surface area contributed by atoms with E-state index in [2.05, 4.69) is 20.0 Å². The predicted molar refractivity (Wildman–Crippen MR) is 80.7 cm³/mol. The summed E-state index contributed by atoms with van der Waals surface area (Å²) in [4.78, 5) is 15.7. The van der Waals surface area contributed by atoms with Gasteiger partial charge in [-0.05, 0) is 12.1 Å². The number of piperazine rings is 1. The van der Waals surface area contributed by atoms with Gasteiger partial charge in [0.05, 0.1) is 22.6 Å². The van der Waals surface area contributed by atoms with Crippen LogP contribution in [0.2, 0.25) is 5.02 Å². The van der Waals surface area contributed by atoms with E-state index in [1.165, 1.54) is 0 Å². The summed E-state index contributed by atoms with van der Waals surface area (Å²) in [5.41, 5.74) is 1.77. The van der Waals surface area contributed by atoms with E-state index >= 15 is 0 Å². The number of hydrogen-bond acceptors (Lipinski definition) is 4. The monoisotopic (exact) mass is 290 g/mol. The first kappa shape index (κ1) is 13.0. The van der Waals surface area contributed by atoms with Gasteiger partial charge in [-0.1, -0.05) is 23.7 Å². The van der Waals surface area contributed by atoms with Gasteiger partial charge >= 0.3 is 0 Å². The zero-order valence-electron chi connectivity index (χ0n) is 10.9. The van der Waals surface area contributed by atoms with Crippen LogP contribution in [0.5, 0.6) is 0 Å². The maximum absolute atomic E-state index is 11.3. The molecule has 1 aromatic carbocycles. The summed E-state index contributed by atoms with van der Waals surface area (Å²) in [7, 11) is 0. The molecule has 20 heavy (non-hydrogen) atoms. The number of benzene rings is 1. The molecule has 3 rings (SSSR count). The number of para-hydroxylation sites is 1. The van der Waals surface area contributed by atoms with Gasteiger partial charge in [0, 0.05) is 32.2 Å². The van der Waals surface area contributed by atoms with Crippen LogP contribution in [0.25, 0.3) is 0 Å². The minimum Gasteiger partial charge on any atom is -0.367 e. The van der Waals surface area contributed by atoms with Crippen LogP contribution in [0.3, 0.4) is 0 Å². The normalized spacial score (nSPS) is 15.4. The minimum atomic E-state index is -0.170. The second-order valence-electron chi connectivity index (χ2n) is 4.73. The average molecular weight is 291 g/mol. The fourth-order valence-electron chi connectivity index (χ4n) is 2.45. The Morgan fingerprint density at radius 2 is 1.80 bits per heavy atom. The molecule has 0 aliphatic carbocycles. The van der Waals surface area contributed by atoms with E-state index in [0.717, 1.165) is 42.6 Å². The maximum Gasteiger partial charge on any atom is 0.266 e. The number of nitrogens with zero attached hydrogens (tertiary/aromatic N) is 3. The van der Waals surface area contributed by atoms with Gasteiger partial charge in [0.25, 0.3) is 5.56 Å². The molecule has 6 heteroatoms. The Labute approximate surface area is 121 Å². The Hall–Kier alpha value is -2.01. The van der Waals surface area contributed by atoms with Crippen molar-refractivity contribution in [1.82, 2.24) is 10.2 Å². The van der Waals surface area contributed by atoms with Crippen molar-refractivity contribution in [3.05, 3.63) is 51.9 Å². The third-order valence-electron chi connectivity index (χ3n) is 3.49. The molecule has 0 amide bonds. The first-order chi connectivity index (χ1) is 9.74. The highest BCUT2D eigenvalue weighted by molar-refractivity contribution is 6.33. The van der Waals surface area contributed by atoms with Crippen molar-refractivity contribution in [2.75, 3.05) is 36.0 Å². The van der Waals surface area contributed by atoms with Gasteiger partial charge < -0.3 is 9.80 Å². The molecule has 0 spiro atoms. The lowest BCUT2D eigenvalue weighted by Gasteiger charge is -2.37. The summed E-state index contributed by atoms with van der Waals surface area (Å²) in [5, 5.41) is 7.01. The van der Waals surface area contributed by atoms with Crippen molar-refractivity contribution in [3.63, 3.8) is 0 Å². The van der Waals surface area contributed by atoms with Crippen molar-refractivity contribution >= 4 is 23.0 Å². The topological polar surface area (TPSA) is 52.2 Å². The van der Waals surface area contributed by atoms with E-state index in [4.69, 9.17) is 11.6 Å². The summed E-state index contributed by atoms with van der Waals surface area (Å²) < 4.78 is 0. The van der Waals surface area contributed by atoms with Gasteiger partial charge in [-0.3, -0.25) is 4.79 Å². The van der Waals surface area contributed by atoms with Crippen LogP contribution in [0.15, 0.2) is 41.3 Å². The van der Waals surface area contributed by atoms with Crippen LogP contribution in [-0.4, -0.2) is 36.4 Å². The molecule has 0 bridgehead atoms. The van der Waals surface area contributed by atoms with Gasteiger partial charge in [-0.15, -0.1) is 0 Å². The van der Waals surface area contributed by atoms with E-state index in [1.807, 2.05) is 24.3 Å². The van der Waals surface area contributed by atoms with Gasteiger partial charge in [-0.2, -0.15) is 5.10 Å². The maximum atomic E-state index is 11.3. The van der Waals surface area contributed by atoms with Gasteiger partial charge in [-0.25, -0.2) is 5.10 Å². The van der Waals surface area contributed by atoms with Crippen LogP contribution in [0.4, 0.5) is 11.4 Å². The summed E-state index contributed by atoms with van der Waals surface area (Å²) in [6.07, 6.45) is 1.69. The Balaban J connectivity index is 1.71. The molecule has 1 aliphatic rings. The summed E-state index contributed by atoms with van der Waals surface area (Å²) in [6.45, 7) is 3.43. The SMILES string of the molecule is O=c1cc(N2CCN(c3ccccc3Cl)CC2)cn[nH]1. The largest absolute Gasteiger partial charge is 0.367 e. The molecule has 1 aliphatic heterocycles. The van der Waals surface area contributed by atoms with E-state index in [1.54, 1.807) is 12.3 Å². The smallest absolute Gasteiger partial charge is 0.266 e. The highest BCUT2D eigenvalue weighted by atomic mass is 35.5. The second-order valence-corrected chi connectivity index (χ2v) is 5.14. The van der Waals surface area contributed by atoms with Crippen LogP contribution in [0.1, 0.15) is 0 Å². The molecule has 2 aromatic rings. The van der Waals surface area contributed by atoms with Crippen LogP contribution in [0, 0.1) is 0 Å². The Kier molecular flexibility index (Phi) is 3.60. The molecule has 2 heterocycles. The highest BCUT2D eigenvalue weighted by Crippen LogP contribution is 2.26. The van der Waals surface area contributed by atoms with Crippen LogP contribution >= 0.6 is 11.6 Å². The number of hydrogen-bond donors (Lipinski definition) is 1. The van der Waals surface area contributed by atoms with Crippen molar-refractivity contribution in [2.45, 2.75) is 0 Å². The van der Waals surface area contributed by atoms with Crippen molar-refractivity contribution in [2.24, 2.45) is 0 Å². The molecule has 1 aromatic heterocycles. The standard InChI is InChI=1S/C14H15ClN4O/c15-12-3-1-2-4-13(12)19-7-5-18(6-8-19)11-9-14(20)17-16-10-11/h1-4,9-10H,5-8H2,(H,17,20). The lowest BCUT2D eigenvalue weighted by atomic mass is 10.2. The number of rotatable bonds is 2. The Bertz CT molecular complexity index is 649. The van der Waals surface area contributed by atoms with Gasteiger partial charge in [0.15, 0.2) is 0 Å². The van der Waals surface area contributed by atoms with E-state index in [-0.39, 0.29) is 5.56 Å². The number of aromatic amines is 1. The first-order valence-corrected chi connectivity index (χ1v) is 6.91. The molecule has 5 nitrogen and oxygen atoms in total. The van der Waals surface area contributed by atoms with E-state index < -0.39 is 0 Å². The predicted octanol–water partition coefficient (Wildman–Crippen LogP) is 1.75. The molecule has 0 radical (unpaired) electrons. The number of halogens is 1. The fourth-order valence-corrected chi connectivity index (χ4v) is 2.71. The minimum absolute atomic E-state index is 0.170. The molecule has 1 fully saturated rings. The van der Waals surface area contributed by atoms with Crippen LogP contribution in [-0.2, 0) is 0 Å². The van der Waals surface area contributed by atoms with E-state index in [0.29, 0.717) is 0 Å². The summed E-state index contributed by atoms with van der Waals surface area (Å²) in [6, 6.07) is 9.45. The second kappa shape index (κ2) is 5.54. The Morgan fingerprint density at radius 3 is 2.50 bits per heavy atom. The van der Waals surface area contributed by atoms with Crippen LogP contribution < -0.4 is 15.4 Å². The van der Waals surface area contributed by atoms with Gasteiger partial charge in [0.1, 0.15) is 0 Å². The number of aromatic nitrogens is 2. The molecule has 1 saturated heterocycles. The van der Waals surface area contributed by atoms with Crippen molar-refractivity contribution in [1.29, 1.82) is 0 Å². The molecular weight excluding hydrogens is 276 g/mol. The van der Waals surface area contributed by atoms with Crippen molar-refractivity contribution < 1.29 is 0 Å². The number of H-pyrrole nitrogens is 1. The molecule has 0 unspecified atom stereocenters. The average Bonchev–Trinajstić information content (AvgIpc) is 2.48. The van der Waals surface area contributed by atoms with E-state index in [9.17, 15) is 4.79 Å². The third-order valence-corrected chi connectivity index (χ3v) is 3.81. The first-order valence-electron chi connectivity index (χ1n) is 6.53. The summed E-state index contributed by atoms with van der Waals surface area (Å²) >= 11 is 6.22. The lowest BCUT2D eigenvalue weighted by molar-refractivity contribution is 0.651. The lowest BCUT2D eigenvalue weighted by Crippen LogP contribution is -2.46. The fraction of sp³-hybridized carbons (Fsp3) is 0.286. The molecule has 0 saturated carbocycles. The molecule has 1 N–H and O–H groups in total. The zero-order valence-corrected chi connectivity index (χ0v) is 11.7. The third kappa shape index (κ3) is 2.63. The number of anilines is 2. The molecular formula is C14H15ClN4O. The summed E-state index contributed by atoms with van der Waals surface area (Å²) in [5.74, 6) is 0. The Morgan fingerprint density at radius 1 is 1.10 bits per heavy atom. The molecule has 104 valence electrons. The zero-order chi connectivity index (χ0) is 13.9. The highest BCUT2D eigenvalue weighted by Gasteiger charge is 2.19.